The number of thiazole rings is 1. The zero-order chi connectivity index (χ0) is 16.2. The molecule has 1 unspecified atom stereocenters. The molecule has 2 N–H and O–H groups in total. The van der Waals surface area contributed by atoms with Crippen LogP contribution in [0.1, 0.15) is 17.5 Å². The lowest BCUT2D eigenvalue weighted by Gasteiger charge is -2.22. The van der Waals surface area contributed by atoms with Crippen LogP contribution in [0.2, 0.25) is 0 Å². The Balaban J connectivity index is 1.63. The van der Waals surface area contributed by atoms with E-state index in [1.165, 1.54) is 22.5 Å². The molecule has 1 aromatic heterocycles. The van der Waals surface area contributed by atoms with E-state index in [0.717, 1.165) is 17.8 Å². The number of morpholine rings is 1. The lowest BCUT2D eigenvalue weighted by molar-refractivity contribution is -0.117. The van der Waals surface area contributed by atoms with Gasteiger partial charge in [0, 0.05) is 30.0 Å². The number of aryl methyl sites for hydroxylation is 2. The van der Waals surface area contributed by atoms with Gasteiger partial charge in [-0.15, -0.1) is 11.3 Å². The summed E-state index contributed by atoms with van der Waals surface area (Å²) in [5.41, 5.74) is 4.44. The molecule has 0 saturated carbocycles. The summed E-state index contributed by atoms with van der Waals surface area (Å²) < 4.78 is 5.36. The summed E-state index contributed by atoms with van der Waals surface area (Å²) in [6.07, 6.45) is 0.401. The smallest absolute Gasteiger partial charge is 0.227 e. The van der Waals surface area contributed by atoms with E-state index in [4.69, 9.17) is 4.74 Å². The Morgan fingerprint density at radius 2 is 2.35 bits per heavy atom. The van der Waals surface area contributed by atoms with Crippen LogP contribution in [0.25, 0.3) is 11.3 Å². The van der Waals surface area contributed by atoms with Gasteiger partial charge >= 0.3 is 0 Å². The molecule has 122 valence electrons. The van der Waals surface area contributed by atoms with E-state index >= 15 is 0 Å². The molecule has 1 aliphatic heterocycles. The SMILES string of the molecule is Cc1ccc(-c2csc(NC(=O)CC3COCCN3)n2)c(C)c1. The first-order chi connectivity index (χ1) is 11.1. The number of amides is 1. The molecule has 1 aromatic carbocycles. The van der Waals surface area contributed by atoms with Crippen LogP contribution in [-0.4, -0.2) is 36.7 Å². The van der Waals surface area contributed by atoms with E-state index in [0.29, 0.717) is 24.8 Å². The largest absolute Gasteiger partial charge is 0.378 e. The van der Waals surface area contributed by atoms with Crippen molar-refractivity contribution in [1.82, 2.24) is 10.3 Å². The third-order valence-corrected chi connectivity index (χ3v) is 4.60. The van der Waals surface area contributed by atoms with Gasteiger partial charge in [0.05, 0.1) is 18.9 Å². The Morgan fingerprint density at radius 1 is 1.48 bits per heavy atom. The zero-order valence-electron chi connectivity index (χ0n) is 13.4. The fourth-order valence-corrected chi connectivity index (χ4v) is 3.43. The van der Waals surface area contributed by atoms with E-state index in [2.05, 4.69) is 47.7 Å². The number of nitrogens with zero attached hydrogens (tertiary/aromatic N) is 1. The molecule has 0 spiro atoms. The lowest BCUT2D eigenvalue weighted by atomic mass is 10.0. The molecule has 1 saturated heterocycles. The Kier molecular flexibility index (Phi) is 5.05. The number of carbonyl (C=O) groups is 1. The number of nitrogens with one attached hydrogen (secondary N) is 2. The first-order valence-electron chi connectivity index (χ1n) is 7.76. The Morgan fingerprint density at radius 3 is 3.09 bits per heavy atom. The van der Waals surface area contributed by atoms with E-state index in [-0.39, 0.29) is 11.9 Å². The zero-order valence-corrected chi connectivity index (χ0v) is 14.2. The maximum absolute atomic E-state index is 12.1. The minimum Gasteiger partial charge on any atom is -0.378 e. The van der Waals surface area contributed by atoms with E-state index < -0.39 is 0 Å². The number of hydrogen-bond donors (Lipinski definition) is 2. The Hall–Kier alpha value is -1.76. The summed E-state index contributed by atoms with van der Waals surface area (Å²) in [6, 6.07) is 6.38. The second-order valence-corrected chi connectivity index (χ2v) is 6.69. The van der Waals surface area contributed by atoms with Gasteiger partial charge in [0.25, 0.3) is 0 Å². The van der Waals surface area contributed by atoms with Crippen LogP contribution in [0.3, 0.4) is 0 Å². The predicted octanol–water partition coefficient (Wildman–Crippen LogP) is 2.74. The fraction of sp³-hybridized carbons (Fsp3) is 0.412. The van der Waals surface area contributed by atoms with Gasteiger partial charge in [0.2, 0.25) is 5.91 Å². The van der Waals surface area contributed by atoms with Crippen molar-refractivity contribution in [3.63, 3.8) is 0 Å². The summed E-state index contributed by atoms with van der Waals surface area (Å²) in [7, 11) is 0. The summed E-state index contributed by atoms with van der Waals surface area (Å²) >= 11 is 1.45. The highest BCUT2D eigenvalue weighted by atomic mass is 32.1. The van der Waals surface area contributed by atoms with E-state index in [9.17, 15) is 4.79 Å². The van der Waals surface area contributed by atoms with Crippen molar-refractivity contribution < 1.29 is 9.53 Å². The molecule has 0 radical (unpaired) electrons. The summed E-state index contributed by atoms with van der Waals surface area (Å²) in [4.78, 5) is 16.6. The van der Waals surface area contributed by atoms with Crippen molar-refractivity contribution in [2.75, 3.05) is 25.1 Å². The fourth-order valence-electron chi connectivity index (χ4n) is 2.70. The Bertz CT molecular complexity index is 693. The van der Waals surface area contributed by atoms with Crippen LogP contribution in [0.5, 0.6) is 0 Å². The minimum atomic E-state index is -0.0328. The summed E-state index contributed by atoms with van der Waals surface area (Å²) in [5, 5.41) is 8.78. The molecule has 2 aromatic rings. The van der Waals surface area contributed by atoms with Gasteiger partial charge in [-0.25, -0.2) is 4.98 Å². The van der Waals surface area contributed by atoms with Crippen LogP contribution < -0.4 is 10.6 Å². The van der Waals surface area contributed by atoms with Crippen LogP contribution >= 0.6 is 11.3 Å². The van der Waals surface area contributed by atoms with Crippen molar-refractivity contribution in [2.45, 2.75) is 26.3 Å². The molecule has 1 aliphatic rings. The normalized spacial score (nSPS) is 17.9. The summed E-state index contributed by atoms with van der Waals surface area (Å²) in [5.74, 6) is -0.0328. The van der Waals surface area contributed by atoms with Gasteiger partial charge in [0.1, 0.15) is 0 Å². The third-order valence-electron chi connectivity index (χ3n) is 3.84. The molecule has 0 bridgehead atoms. The van der Waals surface area contributed by atoms with Gasteiger partial charge in [-0.2, -0.15) is 0 Å². The number of ether oxygens (including phenoxy) is 1. The van der Waals surface area contributed by atoms with Crippen molar-refractivity contribution >= 4 is 22.4 Å². The number of benzene rings is 1. The Labute approximate surface area is 140 Å². The molecule has 2 heterocycles. The summed E-state index contributed by atoms with van der Waals surface area (Å²) in [6.45, 7) is 6.25. The number of carbonyl (C=O) groups excluding carboxylic acids is 1. The van der Waals surface area contributed by atoms with Gasteiger partial charge < -0.3 is 15.4 Å². The predicted molar refractivity (Wildman–Crippen MR) is 92.9 cm³/mol. The highest BCUT2D eigenvalue weighted by Gasteiger charge is 2.18. The third kappa shape index (κ3) is 4.16. The highest BCUT2D eigenvalue weighted by molar-refractivity contribution is 7.14. The molecule has 1 atom stereocenters. The molecule has 23 heavy (non-hydrogen) atoms. The van der Waals surface area contributed by atoms with Gasteiger partial charge in [-0.1, -0.05) is 23.8 Å². The number of rotatable bonds is 4. The van der Waals surface area contributed by atoms with Crippen molar-refractivity contribution in [3.05, 3.63) is 34.7 Å². The number of hydrogen-bond acceptors (Lipinski definition) is 5. The van der Waals surface area contributed by atoms with E-state index in [1.54, 1.807) is 0 Å². The molecule has 3 rings (SSSR count). The monoisotopic (exact) mass is 331 g/mol. The van der Waals surface area contributed by atoms with E-state index in [1.807, 2.05) is 5.38 Å². The standard InChI is InChI=1S/C17H21N3O2S/c1-11-3-4-14(12(2)7-11)15-10-23-17(19-15)20-16(21)8-13-9-22-6-5-18-13/h3-4,7,10,13,18H,5-6,8-9H2,1-2H3,(H,19,20,21). The minimum absolute atomic E-state index is 0.0328. The molecule has 0 aliphatic carbocycles. The van der Waals surface area contributed by atoms with Crippen LogP contribution in [0, 0.1) is 13.8 Å². The maximum Gasteiger partial charge on any atom is 0.227 e. The second kappa shape index (κ2) is 7.21. The lowest BCUT2D eigenvalue weighted by Crippen LogP contribution is -2.43. The maximum atomic E-state index is 12.1. The number of anilines is 1. The quantitative estimate of drug-likeness (QED) is 0.904. The molecule has 1 amide bonds. The second-order valence-electron chi connectivity index (χ2n) is 5.83. The van der Waals surface area contributed by atoms with Crippen molar-refractivity contribution in [1.29, 1.82) is 0 Å². The van der Waals surface area contributed by atoms with Crippen molar-refractivity contribution in [3.8, 4) is 11.3 Å². The topological polar surface area (TPSA) is 63.2 Å². The molecule has 1 fully saturated rings. The first-order valence-corrected chi connectivity index (χ1v) is 8.64. The molecule has 5 nitrogen and oxygen atoms in total. The van der Waals surface area contributed by atoms with Crippen molar-refractivity contribution in [2.24, 2.45) is 0 Å². The van der Waals surface area contributed by atoms with Crippen LogP contribution in [0.4, 0.5) is 5.13 Å². The van der Waals surface area contributed by atoms with Crippen LogP contribution in [-0.2, 0) is 9.53 Å². The first kappa shape index (κ1) is 16.1. The van der Waals surface area contributed by atoms with Crippen LogP contribution in [0.15, 0.2) is 23.6 Å². The number of aromatic nitrogens is 1. The van der Waals surface area contributed by atoms with Gasteiger partial charge in [0.15, 0.2) is 5.13 Å². The highest BCUT2D eigenvalue weighted by Crippen LogP contribution is 2.28. The van der Waals surface area contributed by atoms with Gasteiger partial charge in [-0.05, 0) is 19.4 Å². The molecular formula is C17H21N3O2S. The molecule has 6 heteroatoms. The van der Waals surface area contributed by atoms with Gasteiger partial charge in [-0.3, -0.25) is 4.79 Å². The molecular weight excluding hydrogens is 310 g/mol. The average molecular weight is 331 g/mol. The average Bonchev–Trinajstić information content (AvgIpc) is 2.96.